The molecule has 3 unspecified atom stereocenters. The lowest BCUT2D eigenvalue weighted by molar-refractivity contribution is -0.185. The van der Waals surface area contributed by atoms with Gasteiger partial charge in [0.15, 0.2) is 0 Å². The summed E-state index contributed by atoms with van der Waals surface area (Å²) in [4.78, 5) is 31.8. The lowest BCUT2D eigenvalue weighted by Gasteiger charge is -2.63. The van der Waals surface area contributed by atoms with Crippen molar-refractivity contribution in [2.45, 2.75) is 102 Å². The number of halogens is 3. The third-order valence-electron chi connectivity index (χ3n) is 10.4. The average molecular weight is 601 g/mol. The molecule has 2 aliphatic heterocycles. The maximum absolute atomic E-state index is 13.8. The van der Waals surface area contributed by atoms with Gasteiger partial charge in [-0.2, -0.15) is 13.2 Å². The van der Waals surface area contributed by atoms with E-state index in [1.165, 1.54) is 22.9 Å². The molecule has 0 radical (unpaired) electrons. The quantitative estimate of drug-likeness (QED) is 0.408. The number of carbonyl (C=O) groups is 1. The van der Waals surface area contributed by atoms with Crippen LogP contribution in [0.25, 0.3) is 0 Å². The topological polar surface area (TPSA) is 121 Å². The van der Waals surface area contributed by atoms with E-state index in [4.69, 9.17) is 15.0 Å². The van der Waals surface area contributed by atoms with Crippen LogP contribution in [-0.4, -0.2) is 40.2 Å². The van der Waals surface area contributed by atoms with Gasteiger partial charge in [0.05, 0.1) is 34.9 Å². The van der Waals surface area contributed by atoms with Crippen molar-refractivity contribution in [3.63, 3.8) is 0 Å². The van der Waals surface area contributed by atoms with Gasteiger partial charge in [0.25, 0.3) is 5.56 Å². The number of rotatable bonds is 7. The van der Waals surface area contributed by atoms with Crippen LogP contribution in [0.4, 0.5) is 18.9 Å². The van der Waals surface area contributed by atoms with Crippen LogP contribution in [0.15, 0.2) is 35.3 Å². The summed E-state index contributed by atoms with van der Waals surface area (Å²) in [6.07, 6.45) is -0.450. The minimum atomic E-state index is -4.48. The molecule has 43 heavy (non-hydrogen) atoms. The van der Waals surface area contributed by atoms with E-state index < -0.39 is 53.4 Å². The summed E-state index contributed by atoms with van der Waals surface area (Å²) in [5.41, 5.74) is 4.37. The molecule has 3 aliphatic carbocycles. The van der Waals surface area contributed by atoms with Crippen molar-refractivity contribution in [2.75, 3.05) is 5.32 Å². The SMILES string of the molecule is CC[C@H](NC(=O)[C@@H]1C[C@@](C)(N)c2ncc(NCc3cccc(C(F)(F)F)c3)c(=O)n21)B1OC2C3CC(C[C@]2(C)O1)C3(C)C. The molecule has 7 atom stereocenters. The Kier molecular flexibility index (Phi) is 7.06. The molecule has 9 nitrogen and oxygen atoms in total. The number of hydrogen-bond acceptors (Lipinski definition) is 7. The second-order valence-electron chi connectivity index (χ2n) is 13.8. The van der Waals surface area contributed by atoms with Gasteiger partial charge in [-0.3, -0.25) is 14.2 Å². The Morgan fingerprint density at radius 2 is 2.00 bits per heavy atom. The van der Waals surface area contributed by atoms with E-state index in [9.17, 15) is 22.8 Å². The highest BCUT2D eigenvalue weighted by Crippen LogP contribution is 2.64. The van der Waals surface area contributed by atoms with Crippen molar-refractivity contribution in [1.82, 2.24) is 14.9 Å². The van der Waals surface area contributed by atoms with Crippen LogP contribution < -0.4 is 21.9 Å². The van der Waals surface area contributed by atoms with Crippen molar-refractivity contribution < 1.29 is 27.3 Å². The minimum Gasteiger partial charge on any atom is -0.404 e. The normalized spacial score (nSPS) is 32.9. The van der Waals surface area contributed by atoms with E-state index in [0.717, 1.165) is 25.0 Å². The lowest BCUT2D eigenvalue weighted by atomic mass is 9.45. The molecule has 2 bridgehead atoms. The van der Waals surface area contributed by atoms with Gasteiger partial charge < -0.3 is 25.7 Å². The molecule has 3 heterocycles. The van der Waals surface area contributed by atoms with Crippen LogP contribution in [0.5, 0.6) is 0 Å². The molecule has 2 aromatic rings. The second-order valence-corrected chi connectivity index (χ2v) is 13.8. The summed E-state index contributed by atoms with van der Waals surface area (Å²) in [6, 6.07) is 3.93. The Bertz CT molecular complexity index is 1500. The van der Waals surface area contributed by atoms with Crippen molar-refractivity contribution in [3.8, 4) is 0 Å². The molecule has 0 spiro atoms. The first-order chi connectivity index (χ1) is 20.0. The lowest BCUT2D eigenvalue weighted by Crippen LogP contribution is -2.63. The van der Waals surface area contributed by atoms with Gasteiger partial charge in [-0.05, 0) is 68.1 Å². The zero-order chi connectivity index (χ0) is 31.1. The van der Waals surface area contributed by atoms with Gasteiger partial charge in [0.2, 0.25) is 5.91 Å². The Morgan fingerprint density at radius 3 is 2.67 bits per heavy atom. The van der Waals surface area contributed by atoms with Gasteiger partial charge in [-0.25, -0.2) is 4.98 Å². The number of carbonyl (C=O) groups excluding carboxylic acids is 1. The van der Waals surface area contributed by atoms with Crippen molar-refractivity contribution in [3.05, 3.63) is 57.8 Å². The smallest absolute Gasteiger partial charge is 0.404 e. The van der Waals surface area contributed by atoms with E-state index >= 15 is 0 Å². The molecule has 4 N–H and O–H groups in total. The Morgan fingerprint density at radius 1 is 1.26 bits per heavy atom. The van der Waals surface area contributed by atoms with Gasteiger partial charge in [0, 0.05) is 13.0 Å². The predicted molar refractivity (Wildman–Crippen MR) is 155 cm³/mol. The number of aromatic nitrogens is 2. The average Bonchev–Trinajstić information content (AvgIpc) is 3.44. The van der Waals surface area contributed by atoms with Crippen molar-refractivity contribution >= 4 is 18.7 Å². The summed E-state index contributed by atoms with van der Waals surface area (Å²) < 4.78 is 53.7. The number of anilines is 1. The molecule has 7 rings (SSSR count). The first kappa shape index (κ1) is 30.1. The monoisotopic (exact) mass is 601 g/mol. The molecule has 1 amide bonds. The summed E-state index contributed by atoms with van der Waals surface area (Å²) in [5.74, 6) is 0.431. The van der Waals surface area contributed by atoms with E-state index in [0.29, 0.717) is 23.8 Å². The predicted octanol–water partition coefficient (Wildman–Crippen LogP) is 4.16. The van der Waals surface area contributed by atoms with Crippen molar-refractivity contribution in [1.29, 1.82) is 0 Å². The largest absolute Gasteiger partial charge is 0.481 e. The highest BCUT2D eigenvalue weighted by Gasteiger charge is 2.67. The molecule has 5 aliphatic rings. The van der Waals surface area contributed by atoms with Gasteiger partial charge in [-0.15, -0.1) is 0 Å². The fourth-order valence-electron chi connectivity index (χ4n) is 7.71. The summed E-state index contributed by atoms with van der Waals surface area (Å²) in [6.45, 7) is 10.3. The number of amides is 1. The standard InChI is InChI=1S/C30H39BF3N5O4/c1-6-22(31-42-23-19-11-18(27(19,2)3)12-29(23,5)43-31)38-24(40)21-13-28(4,35)26-37-15-20(25(41)39(21)26)36-14-16-8-7-9-17(10-16)30(32,33)34/h7-10,15,18-19,21-23,36H,6,11-14,35H2,1-5H3,(H,38,40)/t18?,19?,21-,22-,23?,28+,29-/m0/s1. The number of nitrogens with one attached hydrogen (secondary N) is 2. The fourth-order valence-corrected chi connectivity index (χ4v) is 7.71. The minimum absolute atomic E-state index is 0.0379. The zero-order valence-corrected chi connectivity index (χ0v) is 25.1. The highest BCUT2D eigenvalue weighted by atomic mass is 19.4. The Balaban J connectivity index is 1.19. The Hall–Kier alpha value is -2.90. The van der Waals surface area contributed by atoms with Crippen molar-refractivity contribution in [2.24, 2.45) is 23.0 Å². The number of benzene rings is 1. The van der Waals surface area contributed by atoms with E-state index in [1.807, 2.05) is 6.92 Å². The van der Waals surface area contributed by atoms with Crippen LogP contribution in [0.2, 0.25) is 0 Å². The molecule has 232 valence electrons. The molecule has 1 saturated heterocycles. The third kappa shape index (κ3) is 4.97. The number of nitrogens with zero attached hydrogens (tertiary/aromatic N) is 2. The highest BCUT2D eigenvalue weighted by molar-refractivity contribution is 6.47. The van der Waals surface area contributed by atoms with Gasteiger partial charge >= 0.3 is 13.3 Å². The molecule has 1 aromatic heterocycles. The number of hydrogen-bond donors (Lipinski definition) is 3. The number of nitrogens with two attached hydrogens (primary N) is 1. The first-order valence-corrected chi connectivity index (χ1v) is 15.0. The Labute approximate surface area is 249 Å². The summed E-state index contributed by atoms with van der Waals surface area (Å²) in [5, 5.41) is 5.96. The van der Waals surface area contributed by atoms with E-state index in [-0.39, 0.29) is 36.0 Å². The van der Waals surface area contributed by atoms with Crippen LogP contribution in [0.3, 0.4) is 0 Å². The molecular weight excluding hydrogens is 562 g/mol. The molecule has 13 heteroatoms. The van der Waals surface area contributed by atoms with Gasteiger partial charge in [0.1, 0.15) is 17.6 Å². The summed E-state index contributed by atoms with van der Waals surface area (Å²) in [7, 11) is -0.612. The maximum atomic E-state index is 13.8. The van der Waals surface area contributed by atoms with Crippen LogP contribution in [0, 0.1) is 17.3 Å². The zero-order valence-electron chi connectivity index (χ0n) is 25.1. The number of fused-ring (bicyclic) bond motifs is 1. The fraction of sp³-hybridized carbons (Fsp3) is 0.633. The van der Waals surface area contributed by atoms with E-state index in [1.54, 1.807) is 6.92 Å². The van der Waals surface area contributed by atoms with Gasteiger partial charge in [-0.1, -0.05) is 32.9 Å². The molecule has 1 aromatic carbocycles. The third-order valence-corrected chi connectivity index (χ3v) is 10.4. The molecule has 4 fully saturated rings. The van der Waals surface area contributed by atoms with Crippen LogP contribution in [-0.2, 0) is 32.4 Å². The molecule has 3 saturated carbocycles. The second kappa shape index (κ2) is 10.1. The number of alkyl halides is 3. The first-order valence-electron chi connectivity index (χ1n) is 15.0. The summed E-state index contributed by atoms with van der Waals surface area (Å²) >= 11 is 0. The van der Waals surface area contributed by atoms with Crippen LogP contribution in [0.1, 0.15) is 83.3 Å². The van der Waals surface area contributed by atoms with E-state index in [2.05, 4.69) is 36.4 Å². The maximum Gasteiger partial charge on any atom is 0.481 e. The molecular formula is C30H39BF3N5O4. The van der Waals surface area contributed by atoms with Crippen LogP contribution >= 0.6 is 0 Å².